The molecule has 0 aliphatic rings. The van der Waals surface area contributed by atoms with Crippen LogP contribution in [-0.2, 0) is 0 Å². The second kappa shape index (κ2) is 6.18. The van der Waals surface area contributed by atoms with Crippen LogP contribution in [0.2, 0.25) is 0 Å². The second-order valence-electron chi connectivity index (χ2n) is 4.89. The van der Waals surface area contributed by atoms with Gasteiger partial charge in [0.05, 0.1) is 6.10 Å². The first kappa shape index (κ1) is 15.4. The van der Waals surface area contributed by atoms with Crippen molar-refractivity contribution >= 4 is 0 Å². The standard InChI is InChI=1S/C16H15F3O2/c1-9(2)21-15-6-4-3-5-10(15)16(20)11-7-13(18)14(19)8-12(11)17/h3-9,16,20H,1-2H3. The molecular weight excluding hydrogens is 281 g/mol. The van der Waals surface area contributed by atoms with Crippen LogP contribution in [0.1, 0.15) is 31.1 Å². The average molecular weight is 296 g/mol. The van der Waals surface area contributed by atoms with E-state index in [0.29, 0.717) is 17.9 Å². The van der Waals surface area contributed by atoms with Gasteiger partial charge in [-0.3, -0.25) is 0 Å². The number of halogens is 3. The number of hydrogen-bond donors (Lipinski definition) is 1. The van der Waals surface area contributed by atoms with Gasteiger partial charge in [0, 0.05) is 17.2 Å². The van der Waals surface area contributed by atoms with E-state index >= 15 is 0 Å². The van der Waals surface area contributed by atoms with E-state index in [1.54, 1.807) is 38.1 Å². The molecule has 2 aromatic rings. The van der Waals surface area contributed by atoms with E-state index in [4.69, 9.17) is 4.74 Å². The third-order valence-electron chi connectivity index (χ3n) is 2.91. The number of benzene rings is 2. The van der Waals surface area contributed by atoms with Gasteiger partial charge in [-0.05, 0) is 26.0 Å². The Morgan fingerprint density at radius 2 is 1.52 bits per heavy atom. The number of aliphatic hydroxyl groups is 1. The van der Waals surface area contributed by atoms with Crippen LogP contribution in [0, 0.1) is 17.5 Å². The van der Waals surface area contributed by atoms with Gasteiger partial charge in [-0.1, -0.05) is 18.2 Å². The summed E-state index contributed by atoms with van der Waals surface area (Å²) in [6, 6.07) is 7.58. The molecule has 0 bridgehead atoms. The molecule has 21 heavy (non-hydrogen) atoms. The maximum Gasteiger partial charge on any atom is 0.161 e. The zero-order valence-corrected chi connectivity index (χ0v) is 11.6. The first-order valence-electron chi connectivity index (χ1n) is 6.48. The molecular formula is C16H15F3O2. The normalized spacial score (nSPS) is 12.5. The minimum Gasteiger partial charge on any atom is -0.491 e. The lowest BCUT2D eigenvalue weighted by molar-refractivity contribution is 0.194. The third-order valence-corrected chi connectivity index (χ3v) is 2.91. The van der Waals surface area contributed by atoms with Crippen LogP contribution in [-0.4, -0.2) is 11.2 Å². The smallest absolute Gasteiger partial charge is 0.161 e. The Morgan fingerprint density at radius 3 is 2.19 bits per heavy atom. The molecule has 2 aromatic carbocycles. The molecule has 0 saturated heterocycles. The molecule has 0 radical (unpaired) electrons. The minimum atomic E-state index is -1.45. The average Bonchev–Trinajstić information content (AvgIpc) is 2.42. The van der Waals surface area contributed by atoms with Crippen LogP contribution in [0.25, 0.3) is 0 Å². The Balaban J connectivity index is 2.45. The second-order valence-corrected chi connectivity index (χ2v) is 4.89. The van der Waals surface area contributed by atoms with Gasteiger partial charge in [0.2, 0.25) is 0 Å². The number of para-hydroxylation sites is 1. The summed E-state index contributed by atoms with van der Waals surface area (Å²) in [5.41, 5.74) is -0.0511. The zero-order valence-electron chi connectivity index (χ0n) is 11.6. The van der Waals surface area contributed by atoms with Crippen molar-refractivity contribution in [3.8, 4) is 5.75 Å². The molecule has 0 saturated carbocycles. The Labute approximate surface area is 120 Å². The highest BCUT2D eigenvalue weighted by molar-refractivity contribution is 5.41. The maximum absolute atomic E-state index is 13.8. The molecule has 2 nitrogen and oxygen atoms in total. The van der Waals surface area contributed by atoms with Gasteiger partial charge in [-0.15, -0.1) is 0 Å². The van der Waals surface area contributed by atoms with Crippen LogP contribution in [0.5, 0.6) is 5.75 Å². The van der Waals surface area contributed by atoms with E-state index in [0.717, 1.165) is 0 Å². The quantitative estimate of drug-likeness (QED) is 0.865. The van der Waals surface area contributed by atoms with Crippen LogP contribution in [0.3, 0.4) is 0 Å². The Bertz CT molecular complexity index is 641. The fourth-order valence-corrected chi connectivity index (χ4v) is 1.98. The highest BCUT2D eigenvalue weighted by Crippen LogP contribution is 2.32. The predicted octanol–water partition coefficient (Wildman–Crippen LogP) is 3.97. The summed E-state index contributed by atoms with van der Waals surface area (Å²) in [4.78, 5) is 0. The van der Waals surface area contributed by atoms with Crippen molar-refractivity contribution in [2.45, 2.75) is 26.1 Å². The molecule has 0 fully saturated rings. The maximum atomic E-state index is 13.8. The summed E-state index contributed by atoms with van der Waals surface area (Å²) in [6.45, 7) is 3.61. The Kier molecular flexibility index (Phi) is 4.53. The van der Waals surface area contributed by atoms with Crippen molar-refractivity contribution in [3.05, 3.63) is 65.0 Å². The van der Waals surface area contributed by atoms with Crippen molar-refractivity contribution in [1.29, 1.82) is 0 Å². The monoisotopic (exact) mass is 296 g/mol. The van der Waals surface area contributed by atoms with E-state index in [-0.39, 0.29) is 17.2 Å². The molecule has 112 valence electrons. The van der Waals surface area contributed by atoms with Crippen molar-refractivity contribution in [2.75, 3.05) is 0 Å². The van der Waals surface area contributed by atoms with E-state index in [9.17, 15) is 18.3 Å². The first-order chi connectivity index (χ1) is 9.90. The number of ether oxygens (including phenoxy) is 1. The molecule has 0 aliphatic heterocycles. The summed E-state index contributed by atoms with van der Waals surface area (Å²) >= 11 is 0. The minimum absolute atomic E-state index is 0.145. The molecule has 1 atom stereocenters. The predicted molar refractivity (Wildman–Crippen MR) is 72.6 cm³/mol. The van der Waals surface area contributed by atoms with Crippen molar-refractivity contribution in [1.82, 2.24) is 0 Å². The highest BCUT2D eigenvalue weighted by Gasteiger charge is 2.21. The molecule has 0 amide bonds. The Morgan fingerprint density at radius 1 is 0.905 bits per heavy atom. The van der Waals surface area contributed by atoms with Crippen molar-refractivity contribution in [3.63, 3.8) is 0 Å². The van der Waals surface area contributed by atoms with Crippen molar-refractivity contribution < 1.29 is 23.0 Å². The molecule has 1 N–H and O–H groups in total. The topological polar surface area (TPSA) is 29.5 Å². The van der Waals surface area contributed by atoms with Gasteiger partial charge in [0.15, 0.2) is 11.6 Å². The van der Waals surface area contributed by atoms with Crippen LogP contribution in [0.4, 0.5) is 13.2 Å². The van der Waals surface area contributed by atoms with Gasteiger partial charge in [-0.25, -0.2) is 13.2 Å². The van der Waals surface area contributed by atoms with E-state index in [2.05, 4.69) is 0 Å². The number of hydrogen-bond acceptors (Lipinski definition) is 2. The summed E-state index contributed by atoms with van der Waals surface area (Å²) in [5.74, 6) is -3.16. The van der Waals surface area contributed by atoms with E-state index in [1.165, 1.54) is 0 Å². The van der Waals surface area contributed by atoms with Crippen LogP contribution >= 0.6 is 0 Å². The fourth-order valence-electron chi connectivity index (χ4n) is 1.98. The first-order valence-corrected chi connectivity index (χ1v) is 6.48. The van der Waals surface area contributed by atoms with Gasteiger partial charge in [-0.2, -0.15) is 0 Å². The van der Waals surface area contributed by atoms with E-state index < -0.39 is 23.6 Å². The van der Waals surface area contributed by atoms with Crippen LogP contribution in [0.15, 0.2) is 36.4 Å². The lowest BCUT2D eigenvalue weighted by Gasteiger charge is -2.18. The molecule has 0 aliphatic carbocycles. The summed E-state index contributed by atoms with van der Waals surface area (Å²) in [6.07, 6.45) is -1.59. The highest BCUT2D eigenvalue weighted by atomic mass is 19.2. The lowest BCUT2D eigenvalue weighted by Crippen LogP contribution is -2.11. The van der Waals surface area contributed by atoms with Crippen LogP contribution < -0.4 is 4.74 Å². The van der Waals surface area contributed by atoms with Gasteiger partial charge >= 0.3 is 0 Å². The zero-order chi connectivity index (χ0) is 15.6. The van der Waals surface area contributed by atoms with Gasteiger partial charge in [0.25, 0.3) is 0 Å². The Hall–Kier alpha value is -2.01. The third kappa shape index (κ3) is 3.36. The SMILES string of the molecule is CC(C)Oc1ccccc1C(O)c1cc(F)c(F)cc1F. The van der Waals surface area contributed by atoms with Crippen molar-refractivity contribution in [2.24, 2.45) is 0 Å². The van der Waals surface area contributed by atoms with Gasteiger partial charge in [0.1, 0.15) is 17.7 Å². The lowest BCUT2D eigenvalue weighted by atomic mass is 10.00. The number of rotatable bonds is 4. The molecule has 2 rings (SSSR count). The summed E-state index contributed by atoms with van der Waals surface area (Å²) < 4.78 is 45.5. The molecule has 0 spiro atoms. The largest absolute Gasteiger partial charge is 0.491 e. The fraction of sp³-hybridized carbons (Fsp3) is 0.250. The molecule has 1 unspecified atom stereocenters. The van der Waals surface area contributed by atoms with Gasteiger partial charge < -0.3 is 9.84 Å². The summed E-state index contributed by atoms with van der Waals surface area (Å²) in [5, 5.41) is 10.3. The molecule has 0 heterocycles. The molecule has 0 aromatic heterocycles. The summed E-state index contributed by atoms with van der Waals surface area (Å²) in [7, 11) is 0. The van der Waals surface area contributed by atoms with E-state index in [1.807, 2.05) is 0 Å². The number of aliphatic hydroxyl groups excluding tert-OH is 1. The molecule has 5 heteroatoms.